The van der Waals surface area contributed by atoms with Gasteiger partial charge in [0.05, 0.1) is 21.9 Å². The van der Waals surface area contributed by atoms with Gasteiger partial charge in [-0.05, 0) is 38.1 Å². The monoisotopic (exact) mass is 454 g/mol. The highest BCUT2D eigenvalue weighted by Gasteiger charge is 2.31. The fraction of sp³-hybridized carbons (Fsp3) is 0.211. The van der Waals surface area contributed by atoms with Gasteiger partial charge in [-0.3, -0.25) is 15.0 Å². The molecule has 0 atom stereocenters. The molecule has 0 radical (unpaired) electrons. The molecule has 0 aliphatic rings. The normalized spacial score (nSPS) is 12.3. The van der Waals surface area contributed by atoms with E-state index < -0.39 is 38.1 Å². The zero-order chi connectivity index (χ0) is 23.0. The zero-order valence-corrected chi connectivity index (χ0v) is 17.1. The van der Waals surface area contributed by atoms with Crippen LogP contribution in [0.5, 0.6) is 0 Å². The van der Waals surface area contributed by atoms with Crippen molar-refractivity contribution in [2.24, 2.45) is 0 Å². The molecule has 164 valence electrons. The SMILES string of the molecule is CC(C)n1nc(C(=O)NNS(=O)(=O)c2cccc(C(F)(F)F)c2)c2ccccc2c1=O. The summed E-state index contributed by atoms with van der Waals surface area (Å²) < 4.78 is 64.4. The summed E-state index contributed by atoms with van der Waals surface area (Å²) in [4.78, 5) is 26.2. The maximum atomic E-state index is 12.9. The first-order valence-corrected chi connectivity index (χ1v) is 10.4. The fourth-order valence-electron chi connectivity index (χ4n) is 2.80. The summed E-state index contributed by atoms with van der Waals surface area (Å²) in [6.45, 7) is 3.36. The van der Waals surface area contributed by atoms with E-state index in [-0.39, 0.29) is 22.5 Å². The van der Waals surface area contributed by atoms with Gasteiger partial charge in [-0.2, -0.15) is 18.3 Å². The minimum Gasteiger partial charge on any atom is -0.272 e. The Kier molecular flexibility index (Phi) is 5.87. The molecule has 0 spiro atoms. The molecular formula is C19H17F3N4O4S. The molecule has 12 heteroatoms. The van der Waals surface area contributed by atoms with Gasteiger partial charge in [0.1, 0.15) is 0 Å². The summed E-state index contributed by atoms with van der Waals surface area (Å²) in [5.74, 6) is -0.985. The molecule has 0 saturated carbocycles. The van der Waals surface area contributed by atoms with Crippen LogP contribution in [0.4, 0.5) is 13.2 Å². The lowest BCUT2D eigenvalue weighted by Crippen LogP contribution is -2.42. The first-order valence-electron chi connectivity index (χ1n) is 8.93. The number of amides is 1. The molecule has 2 aromatic carbocycles. The van der Waals surface area contributed by atoms with Crippen molar-refractivity contribution in [2.75, 3.05) is 0 Å². The minimum atomic E-state index is -4.73. The Morgan fingerprint density at radius 3 is 2.32 bits per heavy atom. The number of nitrogens with zero attached hydrogens (tertiary/aromatic N) is 2. The van der Waals surface area contributed by atoms with Crippen LogP contribution in [0, 0.1) is 0 Å². The van der Waals surface area contributed by atoms with Crippen molar-refractivity contribution in [2.45, 2.75) is 31.0 Å². The lowest BCUT2D eigenvalue weighted by Gasteiger charge is -2.14. The van der Waals surface area contributed by atoms with Crippen LogP contribution in [0.3, 0.4) is 0 Å². The molecule has 1 heterocycles. The third-order valence-corrected chi connectivity index (χ3v) is 5.55. The molecule has 0 bridgehead atoms. The van der Waals surface area contributed by atoms with Gasteiger partial charge in [-0.25, -0.2) is 13.1 Å². The number of nitrogens with one attached hydrogen (secondary N) is 2. The van der Waals surface area contributed by atoms with Gasteiger partial charge in [0.15, 0.2) is 5.69 Å². The molecule has 0 fully saturated rings. The third kappa shape index (κ3) is 4.59. The molecule has 8 nitrogen and oxygen atoms in total. The average Bonchev–Trinajstić information content (AvgIpc) is 2.72. The van der Waals surface area contributed by atoms with Crippen molar-refractivity contribution in [3.8, 4) is 0 Å². The van der Waals surface area contributed by atoms with Crippen molar-refractivity contribution < 1.29 is 26.4 Å². The molecular weight excluding hydrogens is 437 g/mol. The Labute approximate surface area is 174 Å². The Morgan fingerprint density at radius 1 is 1.06 bits per heavy atom. The molecule has 0 aliphatic heterocycles. The van der Waals surface area contributed by atoms with Crippen LogP contribution in [-0.2, 0) is 16.2 Å². The van der Waals surface area contributed by atoms with Crippen LogP contribution in [0.1, 0.15) is 35.9 Å². The summed E-state index contributed by atoms with van der Waals surface area (Å²) in [6.07, 6.45) is -4.73. The summed E-state index contributed by atoms with van der Waals surface area (Å²) >= 11 is 0. The summed E-state index contributed by atoms with van der Waals surface area (Å²) in [5.41, 5.74) is 0.133. The zero-order valence-electron chi connectivity index (χ0n) is 16.3. The summed E-state index contributed by atoms with van der Waals surface area (Å²) in [6, 6.07) is 8.84. The fourth-order valence-corrected chi connectivity index (χ4v) is 3.68. The van der Waals surface area contributed by atoms with E-state index in [1.165, 1.54) is 12.1 Å². The smallest absolute Gasteiger partial charge is 0.272 e. The van der Waals surface area contributed by atoms with Gasteiger partial charge < -0.3 is 0 Å². The number of alkyl halides is 3. The number of sulfonamides is 1. The molecule has 31 heavy (non-hydrogen) atoms. The molecule has 0 aliphatic carbocycles. The van der Waals surface area contributed by atoms with Crippen molar-refractivity contribution in [1.82, 2.24) is 20.0 Å². The quantitative estimate of drug-likeness (QED) is 0.576. The topological polar surface area (TPSA) is 110 Å². The molecule has 1 aromatic heterocycles. The number of rotatable bonds is 5. The van der Waals surface area contributed by atoms with E-state index in [1.807, 2.05) is 5.43 Å². The number of aromatic nitrogens is 2. The average molecular weight is 454 g/mol. The highest BCUT2D eigenvalue weighted by molar-refractivity contribution is 7.89. The number of hydrogen-bond donors (Lipinski definition) is 2. The van der Waals surface area contributed by atoms with Crippen LogP contribution in [0.2, 0.25) is 0 Å². The van der Waals surface area contributed by atoms with E-state index in [9.17, 15) is 31.2 Å². The molecule has 2 N–H and O–H groups in total. The van der Waals surface area contributed by atoms with Crippen LogP contribution >= 0.6 is 0 Å². The Balaban J connectivity index is 1.93. The first kappa shape index (κ1) is 22.4. The van der Waals surface area contributed by atoms with Crippen LogP contribution in [0.25, 0.3) is 10.8 Å². The van der Waals surface area contributed by atoms with Gasteiger partial charge in [0, 0.05) is 5.39 Å². The second-order valence-electron chi connectivity index (χ2n) is 6.82. The van der Waals surface area contributed by atoms with E-state index in [4.69, 9.17) is 0 Å². The van der Waals surface area contributed by atoms with Gasteiger partial charge in [-0.1, -0.05) is 24.3 Å². The Bertz CT molecular complexity index is 1320. The third-order valence-electron chi connectivity index (χ3n) is 4.30. The van der Waals surface area contributed by atoms with E-state index >= 15 is 0 Å². The predicted molar refractivity (Wildman–Crippen MR) is 106 cm³/mol. The van der Waals surface area contributed by atoms with Gasteiger partial charge in [-0.15, -0.1) is 4.83 Å². The van der Waals surface area contributed by atoms with E-state index in [1.54, 1.807) is 30.8 Å². The number of carbonyl (C=O) groups is 1. The molecule has 0 unspecified atom stereocenters. The van der Waals surface area contributed by atoms with Gasteiger partial charge >= 0.3 is 6.18 Å². The Morgan fingerprint density at radius 2 is 1.71 bits per heavy atom. The highest BCUT2D eigenvalue weighted by atomic mass is 32.2. The van der Waals surface area contributed by atoms with E-state index in [0.29, 0.717) is 6.07 Å². The number of fused-ring (bicyclic) bond motifs is 1. The van der Waals surface area contributed by atoms with Crippen LogP contribution < -0.4 is 15.8 Å². The van der Waals surface area contributed by atoms with Crippen molar-refractivity contribution in [3.05, 3.63) is 70.1 Å². The summed E-state index contributed by atoms with van der Waals surface area (Å²) in [5, 5.41) is 4.43. The lowest BCUT2D eigenvalue weighted by molar-refractivity contribution is -0.137. The number of hydrazine groups is 1. The number of halogens is 3. The van der Waals surface area contributed by atoms with Crippen LogP contribution in [0.15, 0.2) is 58.2 Å². The van der Waals surface area contributed by atoms with E-state index in [0.717, 1.165) is 22.9 Å². The van der Waals surface area contributed by atoms with Crippen molar-refractivity contribution in [1.29, 1.82) is 0 Å². The predicted octanol–water partition coefficient (Wildman–Crippen LogP) is 2.62. The Hall–Kier alpha value is -3.25. The van der Waals surface area contributed by atoms with Gasteiger partial charge in [0.25, 0.3) is 21.5 Å². The highest BCUT2D eigenvalue weighted by Crippen LogP contribution is 2.30. The lowest BCUT2D eigenvalue weighted by atomic mass is 10.1. The maximum absolute atomic E-state index is 12.9. The molecule has 1 amide bonds. The number of carbonyl (C=O) groups excluding carboxylic acids is 1. The number of hydrogen-bond acceptors (Lipinski definition) is 5. The van der Waals surface area contributed by atoms with E-state index in [2.05, 4.69) is 5.10 Å². The maximum Gasteiger partial charge on any atom is 0.416 e. The standard InChI is InChI=1S/C19H17F3N4O4S/c1-11(2)26-18(28)15-9-4-3-8-14(15)16(24-26)17(27)23-25-31(29,30)13-7-5-6-12(10-13)19(20,21)22/h3-11,25H,1-2H3,(H,23,27). The van der Waals surface area contributed by atoms with Crippen molar-refractivity contribution >= 4 is 26.7 Å². The van der Waals surface area contributed by atoms with Crippen LogP contribution in [-0.4, -0.2) is 24.1 Å². The second-order valence-corrected chi connectivity index (χ2v) is 8.51. The minimum absolute atomic E-state index is 0.195. The van der Waals surface area contributed by atoms with Gasteiger partial charge in [0.2, 0.25) is 0 Å². The number of benzene rings is 2. The second kappa shape index (κ2) is 8.12. The van der Waals surface area contributed by atoms with Crippen molar-refractivity contribution in [3.63, 3.8) is 0 Å². The molecule has 0 saturated heterocycles. The molecule has 3 rings (SSSR count). The molecule has 3 aromatic rings. The first-order chi connectivity index (χ1) is 14.4. The summed E-state index contributed by atoms with van der Waals surface area (Å²) in [7, 11) is -4.51. The largest absolute Gasteiger partial charge is 0.416 e.